The van der Waals surface area contributed by atoms with Gasteiger partial charge in [-0.25, -0.2) is 15.0 Å². The smallest absolute Gasteiger partial charge is 0.384 e. The van der Waals surface area contributed by atoms with Crippen molar-refractivity contribution >= 4 is 29.0 Å². The van der Waals surface area contributed by atoms with Gasteiger partial charge in [0.1, 0.15) is 11.5 Å². The minimum absolute atomic E-state index is 0.0587. The van der Waals surface area contributed by atoms with Crippen LogP contribution in [-0.4, -0.2) is 19.9 Å². The quantitative estimate of drug-likeness (QED) is 0.394. The topological polar surface area (TPSA) is 77.6 Å². The van der Waals surface area contributed by atoms with Crippen LogP contribution >= 0.6 is 23.2 Å². The van der Waals surface area contributed by atoms with Gasteiger partial charge in [0.25, 0.3) is 0 Å². The molecule has 0 aliphatic heterocycles. The van der Waals surface area contributed by atoms with Crippen LogP contribution in [0.1, 0.15) is 5.69 Å². The van der Waals surface area contributed by atoms with E-state index in [2.05, 4.69) is 19.9 Å². The first kappa shape index (κ1) is 21.0. The summed E-state index contributed by atoms with van der Waals surface area (Å²) in [5, 5.41) is 0.488. The van der Waals surface area contributed by atoms with Crippen molar-refractivity contribution in [1.82, 2.24) is 19.9 Å². The standard InChI is InChI=1S/C21H12Cl2F3N5/c22-14-3-1-11(7-15(14)23)17-9-18(21(24,25)26)31-20(30-17)12-5-6-28-16(8-12)13-2-4-19(27)29-10-13/h1-10H,(H2,27,29). The molecule has 0 atom stereocenters. The Morgan fingerprint density at radius 1 is 0.742 bits per heavy atom. The molecule has 156 valence electrons. The average Bonchev–Trinajstić information content (AvgIpc) is 2.75. The van der Waals surface area contributed by atoms with Gasteiger partial charge in [0.15, 0.2) is 5.82 Å². The Morgan fingerprint density at radius 2 is 1.52 bits per heavy atom. The molecule has 0 amide bonds. The number of nitrogens with zero attached hydrogens (tertiary/aromatic N) is 4. The fraction of sp³-hybridized carbons (Fsp3) is 0.0476. The summed E-state index contributed by atoms with van der Waals surface area (Å²) >= 11 is 11.9. The van der Waals surface area contributed by atoms with Gasteiger partial charge in [-0.3, -0.25) is 4.98 Å². The Morgan fingerprint density at radius 3 is 2.19 bits per heavy atom. The maximum atomic E-state index is 13.5. The van der Waals surface area contributed by atoms with Crippen molar-refractivity contribution in [1.29, 1.82) is 0 Å². The van der Waals surface area contributed by atoms with Gasteiger partial charge in [-0.05, 0) is 42.5 Å². The fourth-order valence-electron chi connectivity index (χ4n) is 2.81. The highest BCUT2D eigenvalue weighted by Crippen LogP contribution is 2.34. The number of aromatic nitrogens is 4. The van der Waals surface area contributed by atoms with Gasteiger partial charge in [0, 0.05) is 29.1 Å². The van der Waals surface area contributed by atoms with E-state index in [0.29, 0.717) is 28.2 Å². The number of anilines is 1. The van der Waals surface area contributed by atoms with Crippen LogP contribution < -0.4 is 5.73 Å². The van der Waals surface area contributed by atoms with E-state index < -0.39 is 11.9 Å². The molecular formula is C21H12Cl2F3N5. The van der Waals surface area contributed by atoms with Crippen molar-refractivity contribution in [3.8, 4) is 33.9 Å². The number of hydrogen-bond acceptors (Lipinski definition) is 5. The zero-order valence-electron chi connectivity index (χ0n) is 15.5. The normalized spacial score (nSPS) is 11.5. The number of alkyl halides is 3. The summed E-state index contributed by atoms with van der Waals surface area (Å²) in [6.07, 6.45) is -1.68. The number of halogens is 5. The molecule has 0 aliphatic carbocycles. The minimum atomic E-state index is -4.67. The summed E-state index contributed by atoms with van der Waals surface area (Å²) in [5.41, 5.74) is 6.45. The predicted molar refractivity (Wildman–Crippen MR) is 113 cm³/mol. The number of benzene rings is 1. The summed E-state index contributed by atoms with van der Waals surface area (Å²) in [6, 6.07) is 11.8. The molecule has 0 saturated heterocycles. The number of rotatable bonds is 3. The number of hydrogen-bond donors (Lipinski definition) is 1. The minimum Gasteiger partial charge on any atom is -0.384 e. The second-order valence-electron chi connectivity index (χ2n) is 6.49. The first-order chi connectivity index (χ1) is 14.7. The van der Waals surface area contributed by atoms with Crippen LogP contribution in [0.15, 0.2) is 60.9 Å². The van der Waals surface area contributed by atoms with Gasteiger partial charge in [-0.1, -0.05) is 29.3 Å². The van der Waals surface area contributed by atoms with Crippen LogP contribution in [0.3, 0.4) is 0 Å². The highest BCUT2D eigenvalue weighted by molar-refractivity contribution is 6.42. The third kappa shape index (κ3) is 4.60. The zero-order chi connectivity index (χ0) is 22.2. The van der Waals surface area contributed by atoms with Crippen LogP contribution in [-0.2, 0) is 6.18 Å². The molecule has 0 fully saturated rings. The van der Waals surface area contributed by atoms with E-state index in [-0.39, 0.29) is 21.6 Å². The van der Waals surface area contributed by atoms with E-state index in [4.69, 9.17) is 28.9 Å². The van der Waals surface area contributed by atoms with Gasteiger partial charge in [-0.2, -0.15) is 13.2 Å². The third-order valence-corrected chi connectivity index (χ3v) is 5.07. The van der Waals surface area contributed by atoms with Crippen molar-refractivity contribution in [2.45, 2.75) is 6.18 Å². The van der Waals surface area contributed by atoms with E-state index in [1.165, 1.54) is 30.6 Å². The van der Waals surface area contributed by atoms with Crippen molar-refractivity contribution in [2.75, 3.05) is 5.73 Å². The molecule has 0 unspecified atom stereocenters. The Labute approximate surface area is 184 Å². The molecule has 2 N–H and O–H groups in total. The van der Waals surface area contributed by atoms with Gasteiger partial charge in [0.05, 0.1) is 21.4 Å². The maximum absolute atomic E-state index is 13.5. The second kappa shape index (κ2) is 8.13. The summed E-state index contributed by atoms with van der Waals surface area (Å²) in [5.74, 6) is 0.232. The highest BCUT2D eigenvalue weighted by atomic mass is 35.5. The molecule has 0 radical (unpaired) electrons. The molecule has 0 spiro atoms. The molecule has 10 heteroatoms. The summed E-state index contributed by atoms with van der Waals surface area (Å²) in [6.45, 7) is 0. The number of nitrogens with two attached hydrogens (primary N) is 1. The van der Waals surface area contributed by atoms with Crippen LogP contribution in [0.25, 0.3) is 33.9 Å². The highest BCUT2D eigenvalue weighted by Gasteiger charge is 2.34. The van der Waals surface area contributed by atoms with Crippen molar-refractivity contribution in [3.05, 3.63) is 76.7 Å². The predicted octanol–water partition coefficient (Wildman–Crippen LogP) is 6.18. The lowest BCUT2D eigenvalue weighted by molar-refractivity contribution is -0.141. The Bertz CT molecular complexity index is 1260. The van der Waals surface area contributed by atoms with Crippen LogP contribution in [0.2, 0.25) is 10.0 Å². The summed E-state index contributed by atoms with van der Waals surface area (Å²) in [4.78, 5) is 16.3. The van der Waals surface area contributed by atoms with Gasteiger partial charge in [-0.15, -0.1) is 0 Å². The molecular weight excluding hydrogens is 450 g/mol. The lowest BCUT2D eigenvalue weighted by atomic mass is 10.1. The van der Waals surface area contributed by atoms with Gasteiger partial charge in [0.2, 0.25) is 0 Å². The fourth-order valence-corrected chi connectivity index (χ4v) is 3.11. The van der Waals surface area contributed by atoms with Crippen LogP contribution in [0.5, 0.6) is 0 Å². The van der Waals surface area contributed by atoms with Crippen LogP contribution in [0.4, 0.5) is 19.0 Å². The molecule has 3 heterocycles. The van der Waals surface area contributed by atoms with Gasteiger partial charge < -0.3 is 5.73 Å². The summed E-state index contributed by atoms with van der Waals surface area (Å²) in [7, 11) is 0. The van der Waals surface area contributed by atoms with Crippen molar-refractivity contribution in [3.63, 3.8) is 0 Å². The molecule has 3 aromatic heterocycles. The van der Waals surface area contributed by atoms with E-state index >= 15 is 0 Å². The van der Waals surface area contributed by atoms with Crippen molar-refractivity contribution < 1.29 is 13.2 Å². The first-order valence-electron chi connectivity index (χ1n) is 8.81. The average molecular weight is 462 g/mol. The molecule has 0 aliphatic rings. The Kier molecular flexibility index (Phi) is 5.51. The van der Waals surface area contributed by atoms with E-state index in [9.17, 15) is 13.2 Å². The molecule has 1 aromatic carbocycles. The lowest BCUT2D eigenvalue weighted by Gasteiger charge is -2.12. The van der Waals surface area contributed by atoms with Crippen molar-refractivity contribution in [2.24, 2.45) is 0 Å². The number of nitrogen functional groups attached to an aromatic ring is 1. The molecule has 0 saturated carbocycles. The monoisotopic (exact) mass is 461 g/mol. The molecule has 31 heavy (non-hydrogen) atoms. The van der Waals surface area contributed by atoms with Crippen LogP contribution in [0, 0.1) is 0 Å². The maximum Gasteiger partial charge on any atom is 0.433 e. The molecule has 5 nitrogen and oxygen atoms in total. The lowest BCUT2D eigenvalue weighted by Crippen LogP contribution is -2.10. The second-order valence-corrected chi connectivity index (χ2v) is 7.30. The SMILES string of the molecule is Nc1ccc(-c2cc(-c3nc(-c4ccc(Cl)c(Cl)c4)cc(C(F)(F)F)n3)ccn2)cn1. The summed E-state index contributed by atoms with van der Waals surface area (Å²) < 4.78 is 40.6. The Balaban J connectivity index is 1.85. The number of pyridine rings is 2. The molecule has 0 bridgehead atoms. The largest absolute Gasteiger partial charge is 0.433 e. The molecule has 4 rings (SSSR count). The third-order valence-electron chi connectivity index (χ3n) is 4.33. The Hall–Kier alpha value is -3.23. The van der Waals surface area contributed by atoms with E-state index in [1.807, 2.05) is 0 Å². The van der Waals surface area contributed by atoms with Gasteiger partial charge >= 0.3 is 6.18 Å². The van der Waals surface area contributed by atoms with E-state index in [0.717, 1.165) is 6.07 Å². The first-order valence-corrected chi connectivity index (χ1v) is 9.56. The zero-order valence-corrected chi connectivity index (χ0v) is 17.0. The molecule has 4 aromatic rings. The van der Waals surface area contributed by atoms with E-state index in [1.54, 1.807) is 24.3 Å².